The Kier molecular flexibility index (Phi) is 5.43. The van der Waals surface area contributed by atoms with Gasteiger partial charge >= 0.3 is 11.8 Å². The van der Waals surface area contributed by atoms with Gasteiger partial charge in [-0.05, 0) is 41.8 Å². The number of anilines is 1. The lowest BCUT2D eigenvalue weighted by Crippen LogP contribution is -2.42. The summed E-state index contributed by atoms with van der Waals surface area (Å²) in [6.45, 7) is 0.400. The molecule has 0 spiro atoms. The van der Waals surface area contributed by atoms with Gasteiger partial charge in [0.15, 0.2) is 29.0 Å². The summed E-state index contributed by atoms with van der Waals surface area (Å²) in [6.07, 6.45) is 0.480. The van der Waals surface area contributed by atoms with Crippen molar-refractivity contribution < 1.29 is 32.2 Å². The van der Waals surface area contributed by atoms with E-state index in [0.717, 1.165) is 17.2 Å². The van der Waals surface area contributed by atoms with E-state index in [2.05, 4.69) is 0 Å². The highest BCUT2D eigenvalue weighted by molar-refractivity contribution is 6.39. The molecule has 0 fully saturated rings. The molecular weight excluding hydrogens is 377 g/mol. The van der Waals surface area contributed by atoms with Crippen LogP contribution < -0.4 is 14.8 Å². The van der Waals surface area contributed by atoms with Gasteiger partial charge < -0.3 is 19.7 Å². The molecule has 3 rings (SSSR count). The average molecular weight is 394 g/mol. The van der Waals surface area contributed by atoms with Crippen molar-refractivity contribution in [3.05, 3.63) is 52.8 Å². The zero-order valence-electron chi connectivity index (χ0n) is 15.1. The number of carbonyl (C=O) groups excluding carboxylic acids is 2. The van der Waals surface area contributed by atoms with E-state index in [1.807, 2.05) is 11.4 Å². The SMILES string of the molecule is COc1cc2c(cc1OC)CN(C(=O)C(=O)Nc1ccc(F)c(F)c1F)CC2. The summed E-state index contributed by atoms with van der Waals surface area (Å²) in [7, 11) is 3.00. The van der Waals surface area contributed by atoms with Crippen LogP contribution in [0.4, 0.5) is 18.9 Å². The maximum absolute atomic E-state index is 13.7. The van der Waals surface area contributed by atoms with Crippen LogP contribution in [0.2, 0.25) is 0 Å². The number of methoxy groups -OCH3 is 2. The van der Waals surface area contributed by atoms with E-state index in [1.165, 1.54) is 19.1 Å². The monoisotopic (exact) mass is 394 g/mol. The van der Waals surface area contributed by atoms with Crippen LogP contribution in [-0.4, -0.2) is 37.5 Å². The van der Waals surface area contributed by atoms with Crippen molar-refractivity contribution in [1.29, 1.82) is 0 Å². The molecule has 6 nitrogen and oxygen atoms in total. The van der Waals surface area contributed by atoms with Gasteiger partial charge in [0.2, 0.25) is 0 Å². The van der Waals surface area contributed by atoms with Crippen molar-refractivity contribution >= 4 is 17.5 Å². The molecule has 2 amide bonds. The van der Waals surface area contributed by atoms with E-state index >= 15 is 0 Å². The van der Waals surface area contributed by atoms with Crippen LogP contribution in [0.5, 0.6) is 11.5 Å². The number of rotatable bonds is 3. The minimum atomic E-state index is -1.72. The van der Waals surface area contributed by atoms with Gasteiger partial charge in [-0.15, -0.1) is 0 Å². The molecule has 0 saturated carbocycles. The molecule has 0 saturated heterocycles. The molecule has 28 heavy (non-hydrogen) atoms. The third-order valence-electron chi connectivity index (χ3n) is 4.48. The third kappa shape index (κ3) is 3.60. The summed E-state index contributed by atoms with van der Waals surface area (Å²) in [5.74, 6) is -5.69. The van der Waals surface area contributed by atoms with Crippen LogP contribution in [0.1, 0.15) is 11.1 Å². The largest absolute Gasteiger partial charge is 0.493 e. The molecule has 0 radical (unpaired) electrons. The van der Waals surface area contributed by atoms with Crippen LogP contribution in [0, 0.1) is 17.5 Å². The van der Waals surface area contributed by atoms with Gasteiger partial charge in [0.25, 0.3) is 0 Å². The number of carbonyl (C=O) groups is 2. The van der Waals surface area contributed by atoms with Gasteiger partial charge in [-0.3, -0.25) is 9.59 Å². The first-order chi connectivity index (χ1) is 13.3. The van der Waals surface area contributed by atoms with Crippen LogP contribution in [0.3, 0.4) is 0 Å². The van der Waals surface area contributed by atoms with Crippen LogP contribution in [0.15, 0.2) is 24.3 Å². The average Bonchev–Trinajstić information content (AvgIpc) is 2.71. The first-order valence-corrected chi connectivity index (χ1v) is 8.33. The Balaban J connectivity index is 1.75. The van der Waals surface area contributed by atoms with E-state index in [0.29, 0.717) is 24.0 Å². The van der Waals surface area contributed by atoms with E-state index in [4.69, 9.17) is 9.47 Å². The fourth-order valence-corrected chi connectivity index (χ4v) is 3.00. The first-order valence-electron chi connectivity index (χ1n) is 8.33. The van der Waals surface area contributed by atoms with Gasteiger partial charge in [-0.2, -0.15) is 0 Å². The number of benzene rings is 2. The number of ether oxygens (including phenoxy) is 2. The molecule has 148 valence electrons. The van der Waals surface area contributed by atoms with Gasteiger partial charge in [-0.1, -0.05) is 0 Å². The van der Waals surface area contributed by atoms with Crippen LogP contribution in [-0.2, 0) is 22.6 Å². The molecule has 1 N–H and O–H groups in total. The summed E-state index contributed by atoms with van der Waals surface area (Å²) < 4.78 is 50.4. The maximum Gasteiger partial charge on any atom is 0.313 e. The van der Waals surface area contributed by atoms with E-state index < -0.39 is 35.0 Å². The molecule has 0 atom stereocenters. The Labute approximate surface area is 158 Å². The van der Waals surface area contributed by atoms with Crippen LogP contribution >= 0.6 is 0 Å². The topological polar surface area (TPSA) is 67.9 Å². The Morgan fingerprint density at radius 3 is 2.29 bits per heavy atom. The van der Waals surface area contributed by atoms with E-state index in [9.17, 15) is 22.8 Å². The predicted molar refractivity (Wildman–Crippen MR) is 93.6 cm³/mol. The first kappa shape index (κ1) is 19.5. The number of hydrogen-bond donors (Lipinski definition) is 1. The summed E-state index contributed by atoms with van der Waals surface area (Å²) in [5.41, 5.74) is 1.12. The van der Waals surface area contributed by atoms with Gasteiger partial charge in [-0.25, -0.2) is 13.2 Å². The molecule has 0 bridgehead atoms. The molecule has 2 aromatic rings. The number of halogens is 3. The van der Waals surface area contributed by atoms with Gasteiger partial charge in [0.05, 0.1) is 19.9 Å². The minimum absolute atomic E-state index is 0.141. The van der Waals surface area contributed by atoms with Crippen molar-refractivity contribution in [3.8, 4) is 11.5 Å². The highest BCUT2D eigenvalue weighted by Crippen LogP contribution is 2.33. The second kappa shape index (κ2) is 7.79. The predicted octanol–water partition coefficient (Wildman–Crippen LogP) is 2.64. The number of fused-ring (bicyclic) bond motifs is 1. The zero-order chi connectivity index (χ0) is 20.4. The molecule has 1 aliphatic heterocycles. The lowest BCUT2D eigenvalue weighted by atomic mass is 9.98. The Bertz CT molecular complexity index is 949. The molecule has 1 aliphatic rings. The molecular formula is C19H17F3N2O4. The van der Waals surface area contributed by atoms with Crippen molar-refractivity contribution in [2.75, 3.05) is 26.1 Å². The highest BCUT2D eigenvalue weighted by atomic mass is 19.2. The van der Waals surface area contributed by atoms with Crippen molar-refractivity contribution in [3.63, 3.8) is 0 Å². The zero-order valence-corrected chi connectivity index (χ0v) is 15.1. The second-order valence-electron chi connectivity index (χ2n) is 6.13. The van der Waals surface area contributed by atoms with Crippen LogP contribution in [0.25, 0.3) is 0 Å². The molecule has 0 aliphatic carbocycles. The molecule has 2 aromatic carbocycles. The molecule has 9 heteroatoms. The van der Waals surface area contributed by atoms with E-state index in [-0.39, 0.29) is 13.1 Å². The maximum atomic E-state index is 13.7. The lowest BCUT2D eigenvalue weighted by molar-refractivity contribution is -0.143. The number of nitrogens with one attached hydrogen (secondary N) is 1. The fraction of sp³-hybridized carbons (Fsp3) is 0.263. The summed E-state index contributed by atoms with van der Waals surface area (Å²) in [6, 6.07) is 5.05. The van der Waals surface area contributed by atoms with E-state index in [1.54, 1.807) is 6.07 Å². The summed E-state index contributed by atoms with van der Waals surface area (Å²) in [5, 5.41) is 1.98. The Hall–Kier alpha value is -3.23. The second-order valence-corrected chi connectivity index (χ2v) is 6.13. The summed E-state index contributed by atoms with van der Waals surface area (Å²) in [4.78, 5) is 25.9. The summed E-state index contributed by atoms with van der Waals surface area (Å²) >= 11 is 0. The standard InChI is InChI=1S/C19H17F3N2O4/c1-27-14-7-10-5-6-24(9-11(10)8-15(14)28-2)19(26)18(25)23-13-4-3-12(20)16(21)17(13)22/h3-4,7-8H,5-6,9H2,1-2H3,(H,23,25). The third-order valence-corrected chi connectivity index (χ3v) is 4.48. The Morgan fingerprint density at radius 2 is 1.64 bits per heavy atom. The lowest BCUT2D eigenvalue weighted by Gasteiger charge is -2.29. The van der Waals surface area contributed by atoms with Gasteiger partial charge in [0.1, 0.15) is 0 Å². The normalized spacial score (nSPS) is 13.0. The molecule has 0 aromatic heterocycles. The molecule has 1 heterocycles. The Morgan fingerprint density at radius 1 is 1.00 bits per heavy atom. The number of hydrogen-bond acceptors (Lipinski definition) is 4. The van der Waals surface area contributed by atoms with Crippen molar-refractivity contribution in [2.24, 2.45) is 0 Å². The minimum Gasteiger partial charge on any atom is -0.493 e. The number of amides is 2. The van der Waals surface area contributed by atoms with Crippen molar-refractivity contribution in [2.45, 2.75) is 13.0 Å². The van der Waals surface area contributed by atoms with Crippen molar-refractivity contribution in [1.82, 2.24) is 4.90 Å². The number of nitrogens with zero attached hydrogens (tertiary/aromatic N) is 1. The fourth-order valence-electron chi connectivity index (χ4n) is 3.00. The molecule has 0 unspecified atom stereocenters. The quantitative estimate of drug-likeness (QED) is 0.642. The smallest absolute Gasteiger partial charge is 0.313 e. The van der Waals surface area contributed by atoms with Gasteiger partial charge in [0, 0.05) is 13.1 Å². The highest BCUT2D eigenvalue weighted by Gasteiger charge is 2.28.